The first-order valence-electron chi connectivity index (χ1n) is 8.01. The molecule has 0 amide bonds. The van der Waals surface area contributed by atoms with Gasteiger partial charge in [0.15, 0.2) is 0 Å². The average Bonchev–Trinajstić information content (AvgIpc) is 2.35. The van der Waals surface area contributed by atoms with Crippen molar-refractivity contribution in [3.63, 3.8) is 0 Å². The van der Waals surface area contributed by atoms with E-state index in [-0.39, 0.29) is 12.6 Å². The molecule has 120 valence electrons. The molecule has 0 heterocycles. The van der Waals surface area contributed by atoms with Gasteiger partial charge in [-0.25, -0.2) is 0 Å². The van der Waals surface area contributed by atoms with E-state index in [0.29, 0.717) is 18.3 Å². The normalized spacial score (nSPS) is 38.2. The summed E-state index contributed by atoms with van der Waals surface area (Å²) in [6.45, 7) is -0.246. The lowest BCUT2D eigenvalue weighted by Crippen LogP contribution is -2.43. The third-order valence-electron chi connectivity index (χ3n) is 5.73. The second kappa shape index (κ2) is 5.88. The molecule has 0 saturated heterocycles. The Morgan fingerprint density at radius 3 is 2.62 bits per heavy atom. The number of carbonyl (C=O) groups excluding carboxylic acids is 1. The Labute approximate surface area is 126 Å². The highest BCUT2D eigenvalue weighted by Crippen LogP contribution is 2.55. The quantitative estimate of drug-likeness (QED) is 0.621. The van der Waals surface area contributed by atoms with Crippen molar-refractivity contribution in [3.8, 4) is 0 Å². The first-order valence-corrected chi connectivity index (χ1v) is 9.62. The van der Waals surface area contributed by atoms with Crippen molar-refractivity contribution in [2.45, 2.75) is 44.9 Å². The van der Waals surface area contributed by atoms with Crippen molar-refractivity contribution in [1.82, 2.24) is 0 Å². The summed E-state index contributed by atoms with van der Waals surface area (Å²) < 4.78 is 34.8. The van der Waals surface area contributed by atoms with Gasteiger partial charge in [0.05, 0.1) is 0 Å². The summed E-state index contributed by atoms with van der Waals surface area (Å²) in [5.41, 5.74) is 0. The van der Waals surface area contributed by atoms with Gasteiger partial charge in [0.25, 0.3) is 10.1 Å². The van der Waals surface area contributed by atoms with Gasteiger partial charge < -0.3 is 4.74 Å². The molecule has 0 spiro atoms. The van der Waals surface area contributed by atoms with Crippen LogP contribution in [-0.4, -0.2) is 31.3 Å². The van der Waals surface area contributed by atoms with E-state index in [0.717, 1.165) is 24.2 Å². The molecule has 3 bridgehead atoms. The van der Waals surface area contributed by atoms with Crippen molar-refractivity contribution in [2.24, 2.45) is 29.6 Å². The van der Waals surface area contributed by atoms with E-state index < -0.39 is 15.9 Å². The van der Waals surface area contributed by atoms with Gasteiger partial charge in [-0.3, -0.25) is 9.35 Å². The Hall–Kier alpha value is -0.620. The second-order valence-electron chi connectivity index (χ2n) is 7.15. The molecule has 0 aliphatic heterocycles. The molecular formula is C15H24O5S. The van der Waals surface area contributed by atoms with Crippen LogP contribution in [0.15, 0.2) is 0 Å². The van der Waals surface area contributed by atoms with Gasteiger partial charge in [0, 0.05) is 6.42 Å². The highest BCUT2D eigenvalue weighted by atomic mass is 32.2. The largest absolute Gasteiger partial charge is 0.464 e. The summed E-state index contributed by atoms with van der Waals surface area (Å²) >= 11 is 0. The first-order chi connectivity index (χ1) is 9.90. The molecule has 1 N–H and O–H groups in total. The molecular weight excluding hydrogens is 292 g/mol. The zero-order chi connectivity index (χ0) is 15.0. The number of hydrogen-bond donors (Lipinski definition) is 1. The maximum Gasteiger partial charge on any atom is 0.306 e. The highest BCUT2D eigenvalue weighted by Gasteiger charge is 2.45. The van der Waals surface area contributed by atoms with Crippen molar-refractivity contribution in [1.29, 1.82) is 0 Å². The fourth-order valence-electron chi connectivity index (χ4n) is 5.05. The van der Waals surface area contributed by atoms with E-state index in [2.05, 4.69) is 0 Å². The number of carbonyl (C=O) groups is 1. The molecule has 3 rings (SSSR count). The number of rotatable bonds is 5. The van der Waals surface area contributed by atoms with Crippen LogP contribution < -0.4 is 0 Å². The molecule has 0 aromatic rings. The fraction of sp³-hybridized carbons (Fsp3) is 0.933. The molecule has 5 unspecified atom stereocenters. The van der Waals surface area contributed by atoms with Crippen LogP contribution in [0.25, 0.3) is 0 Å². The lowest BCUT2D eigenvalue weighted by molar-refractivity contribution is -0.146. The van der Waals surface area contributed by atoms with Crippen molar-refractivity contribution >= 4 is 16.1 Å². The molecule has 3 saturated carbocycles. The van der Waals surface area contributed by atoms with Gasteiger partial charge in [-0.1, -0.05) is 6.42 Å². The van der Waals surface area contributed by atoms with Gasteiger partial charge >= 0.3 is 5.97 Å². The summed E-state index contributed by atoms with van der Waals surface area (Å²) in [7, 11) is -4.05. The molecule has 0 aromatic heterocycles. The minimum atomic E-state index is -4.05. The number of ether oxygens (including phenoxy) is 1. The van der Waals surface area contributed by atoms with Crippen LogP contribution in [0, 0.1) is 29.6 Å². The summed E-state index contributed by atoms with van der Waals surface area (Å²) in [6.07, 6.45) is 8.11. The van der Waals surface area contributed by atoms with Gasteiger partial charge in [0.1, 0.15) is 12.4 Å². The van der Waals surface area contributed by atoms with E-state index in [1.165, 1.54) is 32.1 Å². The third kappa shape index (κ3) is 3.77. The van der Waals surface area contributed by atoms with Crippen molar-refractivity contribution < 1.29 is 22.5 Å². The molecule has 0 aromatic carbocycles. The predicted octanol–water partition coefficient (Wildman–Crippen LogP) is 2.27. The van der Waals surface area contributed by atoms with Crippen LogP contribution in [0.5, 0.6) is 0 Å². The van der Waals surface area contributed by atoms with E-state index in [4.69, 9.17) is 9.29 Å². The van der Waals surface area contributed by atoms with Crippen LogP contribution in [0.3, 0.4) is 0 Å². The van der Waals surface area contributed by atoms with Crippen LogP contribution in [0.1, 0.15) is 44.9 Å². The Morgan fingerprint density at radius 1 is 1.10 bits per heavy atom. The van der Waals surface area contributed by atoms with E-state index in [9.17, 15) is 13.2 Å². The van der Waals surface area contributed by atoms with Gasteiger partial charge in [-0.15, -0.1) is 0 Å². The highest BCUT2D eigenvalue weighted by molar-refractivity contribution is 7.85. The second-order valence-corrected chi connectivity index (χ2v) is 8.72. The smallest absolute Gasteiger partial charge is 0.306 e. The van der Waals surface area contributed by atoms with Crippen LogP contribution in [0.4, 0.5) is 0 Å². The fourth-order valence-corrected chi connectivity index (χ4v) is 5.34. The predicted molar refractivity (Wildman–Crippen MR) is 77.1 cm³/mol. The SMILES string of the molecule is O=C(CC1CC2CC3CCC1C(C3)C2)OCCS(=O)(=O)O. The lowest BCUT2D eigenvalue weighted by atomic mass is 9.54. The van der Waals surface area contributed by atoms with Gasteiger partial charge in [-0.05, 0) is 61.7 Å². The van der Waals surface area contributed by atoms with Crippen molar-refractivity contribution in [2.75, 3.05) is 12.4 Å². The van der Waals surface area contributed by atoms with Gasteiger partial charge in [-0.2, -0.15) is 8.42 Å². The molecule has 6 heteroatoms. The summed E-state index contributed by atoms with van der Waals surface area (Å²) in [4.78, 5) is 11.9. The molecule has 5 nitrogen and oxygen atoms in total. The minimum Gasteiger partial charge on any atom is -0.464 e. The third-order valence-corrected chi connectivity index (χ3v) is 6.41. The Bertz CT molecular complexity index is 494. The summed E-state index contributed by atoms with van der Waals surface area (Å²) in [5.74, 6) is 2.74. The maximum atomic E-state index is 11.9. The van der Waals surface area contributed by atoms with Crippen molar-refractivity contribution in [3.05, 3.63) is 0 Å². The zero-order valence-electron chi connectivity index (χ0n) is 12.2. The Kier molecular flexibility index (Phi) is 4.28. The molecule has 5 atom stereocenters. The summed E-state index contributed by atoms with van der Waals surface area (Å²) in [6, 6.07) is 0. The topological polar surface area (TPSA) is 80.7 Å². The first kappa shape index (κ1) is 15.3. The van der Waals surface area contributed by atoms with Crippen LogP contribution >= 0.6 is 0 Å². The zero-order valence-corrected chi connectivity index (χ0v) is 13.1. The molecule has 21 heavy (non-hydrogen) atoms. The number of fused-ring (bicyclic) bond motifs is 2. The van der Waals surface area contributed by atoms with Crippen LogP contribution in [0.2, 0.25) is 0 Å². The molecule has 3 aliphatic carbocycles. The Morgan fingerprint density at radius 2 is 1.86 bits per heavy atom. The molecule has 0 radical (unpaired) electrons. The standard InChI is InChI=1S/C15H24O5S/c16-15(20-3-4-21(17,18)19)9-13-8-11-5-10-1-2-14(13)12(6-10)7-11/h10-14H,1-9H2,(H,17,18,19). The maximum absolute atomic E-state index is 11.9. The monoisotopic (exact) mass is 316 g/mol. The number of hydrogen-bond acceptors (Lipinski definition) is 4. The number of esters is 1. The summed E-state index contributed by atoms with van der Waals surface area (Å²) in [5, 5.41) is 0. The average molecular weight is 316 g/mol. The minimum absolute atomic E-state index is 0.246. The van der Waals surface area contributed by atoms with Crippen LogP contribution in [-0.2, 0) is 19.6 Å². The van der Waals surface area contributed by atoms with E-state index in [1.807, 2.05) is 0 Å². The molecule has 3 aliphatic rings. The van der Waals surface area contributed by atoms with E-state index in [1.54, 1.807) is 0 Å². The lowest BCUT2D eigenvalue weighted by Gasteiger charge is -2.52. The Balaban J connectivity index is 1.51. The van der Waals surface area contributed by atoms with E-state index >= 15 is 0 Å². The molecule has 3 fully saturated rings. The van der Waals surface area contributed by atoms with Gasteiger partial charge in [0.2, 0.25) is 0 Å².